The lowest BCUT2D eigenvalue weighted by Gasteiger charge is -2.33. The number of benzene rings is 8. The van der Waals surface area contributed by atoms with Crippen LogP contribution < -0.4 is 40.1 Å². The SMILES string of the molecule is C.COc1ccc(C)cc1.COc1ccc(C)cc1Br.COc1ccc(C)cc1C#N.COc1ccc(C)cc1C=O.COc1ccc(C)cc1CC[C@H]1CCCN[C@H]1c1ccccc1.Cc1ccc([N+](=O)[O-])cc1.I.N[C@H]1CCCN[C@H]1c1ccccc1. The fraction of sp³-hybridized carbons (Fsp3) is 0.324. The third kappa shape index (κ3) is 27.8. The summed E-state index contributed by atoms with van der Waals surface area (Å²) in [5.74, 6) is 4.78. The lowest BCUT2D eigenvalue weighted by atomic mass is 9.82. The summed E-state index contributed by atoms with van der Waals surface area (Å²) >= 11 is 3.38. The summed E-state index contributed by atoms with van der Waals surface area (Å²) in [6, 6.07) is 62.4. The van der Waals surface area contributed by atoms with E-state index in [0.29, 0.717) is 40.6 Å². The van der Waals surface area contributed by atoms with Gasteiger partial charge in [-0.2, -0.15) is 5.26 Å². The summed E-state index contributed by atoms with van der Waals surface area (Å²) in [6.07, 6.45) is 8.00. The molecule has 4 atom stereocenters. The van der Waals surface area contributed by atoms with Crippen LogP contribution >= 0.6 is 39.9 Å². The number of ether oxygens (including phenoxy) is 5. The van der Waals surface area contributed by atoms with Crippen molar-refractivity contribution in [1.82, 2.24) is 10.6 Å². The van der Waals surface area contributed by atoms with Crippen LogP contribution in [0, 0.1) is 68.9 Å². The Morgan fingerprint density at radius 2 is 1.02 bits per heavy atom. The number of carbonyl (C=O) groups excluding carboxylic acids is 1. The molecule has 10 rings (SSSR count). The molecule has 0 unspecified atom stereocenters. The number of nitro benzene ring substituents is 1. The van der Waals surface area contributed by atoms with Crippen molar-refractivity contribution in [2.75, 3.05) is 48.6 Å². The van der Waals surface area contributed by atoms with Crippen molar-refractivity contribution in [2.45, 2.75) is 106 Å². The largest absolute Gasteiger partial charge is 0.497 e. The summed E-state index contributed by atoms with van der Waals surface area (Å²) < 4.78 is 26.5. The lowest BCUT2D eigenvalue weighted by molar-refractivity contribution is -0.384. The number of methoxy groups -OCH3 is 5. The number of aryl methyl sites for hydroxylation is 7. The van der Waals surface area contributed by atoms with E-state index >= 15 is 0 Å². The summed E-state index contributed by atoms with van der Waals surface area (Å²) in [6.45, 7) is 14.2. The van der Waals surface area contributed by atoms with Gasteiger partial charge in [-0.1, -0.05) is 145 Å². The number of nitrogens with one attached hydrogen (secondary N) is 2. The van der Waals surface area contributed by atoms with Crippen molar-refractivity contribution in [3.63, 3.8) is 0 Å². The minimum absolute atomic E-state index is 0. The molecule has 2 heterocycles. The monoisotopic (exact) mass is 1390 g/mol. The van der Waals surface area contributed by atoms with Crippen molar-refractivity contribution in [1.29, 1.82) is 5.26 Å². The number of nitrogens with zero attached hydrogens (tertiary/aromatic N) is 2. The number of hydrogen-bond donors (Lipinski definition) is 3. The summed E-state index contributed by atoms with van der Waals surface area (Å²) in [7, 11) is 8.21. The summed E-state index contributed by atoms with van der Waals surface area (Å²) in [4.78, 5) is 20.2. The molecular formula is C74H93BrIN5O8. The number of piperidine rings is 2. The van der Waals surface area contributed by atoms with Gasteiger partial charge < -0.3 is 40.1 Å². The molecule has 0 aliphatic carbocycles. The van der Waals surface area contributed by atoms with E-state index < -0.39 is 4.92 Å². The molecule has 89 heavy (non-hydrogen) atoms. The fourth-order valence-electron chi connectivity index (χ4n) is 9.67. The molecule has 2 fully saturated rings. The van der Waals surface area contributed by atoms with Crippen LogP contribution in [0.3, 0.4) is 0 Å². The molecule has 0 bridgehead atoms. The first kappa shape index (κ1) is 77.5. The van der Waals surface area contributed by atoms with Gasteiger partial charge in [0.05, 0.1) is 56.1 Å². The zero-order valence-corrected chi connectivity index (χ0v) is 56.8. The maximum atomic E-state index is 10.5. The Hall–Kier alpha value is -7.59. The highest BCUT2D eigenvalue weighted by molar-refractivity contribution is 14.0. The van der Waals surface area contributed by atoms with Crippen LogP contribution in [0.25, 0.3) is 0 Å². The number of carbonyl (C=O) groups is 1. The molecule has 2 aliphatic rings. The van der Waals surface area contributed by atoms with E-state index in [1.807, 2.05) is 88.4 Å². The predicted molar refractivity (Wildman–Crippen MR) is 379 cm³/mol. The van der Waals surface area contributed by atoms with E-state index in [1.165, 1.54) is 71.2 Å². The molecule has 4 N–H and O–H groups in total. The van der Waals surface area contributed by atoms with E-state index in [0.717, 1.165) is 70.6 Å². The highest BCUT2D eigenvalue weighted by Gasteiger charge is 2.26. The van der Waals surface area contributed by atoms with E-state index in [-0.39, 0.29) is 43.1 Å². The second-order valence-corrected chi connectivity index (χ2v) is 22.0. The molecule has 2 aliphatic heterocycles. The van der Waals surface area contributed by atoms with Gasteiger partial charge in [0.2, 0.25) is 0 Å². The Balaban J connectivity index is 0.000000363. The molecule has 0 saturated carbocycles. The number of non-ortho nitro benzene ring substituents is 1. The molecular weight excluding hydrogens is 1290 g/mol. The van der Waals surface area contributed by atoms with Crippen molar-refractivity contribution in [3.05, 3.63) is 258 Å². The Kier molecular flexibility index (Phi) is 37.6. The number of nitrogens with two attached hydrogens (primary N) is 1. The van der Waals surface area contributed by atoms with Crippen LogP contribution in [0.4, 0.5) is 5.69 Å². The fourth-order valence-corrected chi connectivity index (χ4v) is 10.3. The predicted octanol–water partition coefficient (Wildman–Crippen LogP) is 17.7. The second kappa shape index (κ2) is 43.1. The number of halogens is 2. The number of nitro groups is 1. The van der Waals surface area contributed by atoms with E-state index in [2.05, 4.69) is 119 Å². The molecule has 0 amide bonds. The first-order valence-electron chi connectivity index (χ1n) is 29.2. The van der Waals surface area contributed by atoms with Gasteiger partial charge in [0.15, 0.2) is 6.29 Å². The third-order valence-corrected chi connectivity index (χ3v) is 15.0. The molecule has 0 aromatic heterocycles. The minimum atomic E-state index is -0.403. The van der Waals surface area contributed by atoms with E-state index in [9.17, 15) is 14.9 Å². The van der Waals surface area contributed by atoms with Crippen LogP contribution in [0.15, 0.2) is 186 Å². The molecule has 15 heteroatoms. The van der Waals surface area contributed by atoms with Gasteiger partial charge in [-0.25, -0.2) is 0 Å². The molecule has 8 aromatic carbocycles. The quantitative estimate of drug-likeness (QED) is 0.0457. The molecule has 476 valence electrons. The van der Waals surface area contributed by atoms with E-state index in [4.69, 9.17) is 34.7 Å². The third-order valence-electron chi connectivity index (χ3n) is 14.4. The van der Waals surface area contributed by atoms with Gasteiger partial charge in [0.1, 0.15) is 34.8 Å². The smallest absolute Gasteiger partial charge is 0.269 e. The maximum absolute atomic E-state index is 10.5. The van der Waals surface area contributed by atoms with Crippen LogP contribution in [0.1, 0.15) is 118 Å². The normalized spacial score (nSPS) is 14.9. The zero-order chi connectivity index (χ0) is 63.5. The Labute approximate surface area is 556 Å². The number of nitriles is 1. The topological polar surface area (TPSA) is 180 Å². The Bertz CT molecular complexity index is 3330. The van der Waals surface area contributed by atoms with Gasteiger partial charge in [-0.05, 0) is 197 Å². The molecule has 0 spiro atoms. The highest BCUT2D eigenvalue weighted by Crippen LogP contribution is 2.34. The second-order valence-electron chi connectivity index (χ2n) is 21.2. The van der Waals surface area contributed by atoms with Crippen LogP contribution in [0.2, 0.25) is 0 Å². The van der Waals surface area contributed by atoms with Crippen molar-refractivity contribution in [3.8, 4) is 34.8 Å². The average Bonchev–Trinajstić information content (AvgIpc) is 3.74. The molecule has 2 saturated heterocycles. The van der Waals surface area contributed by atoms with Crippen molar-refractivity contribution in [2.24, 2.45) is 11.7 Å². The number of rotatable bonds is 12. The van der Waals surface area contributed by atoms with Gasteiger partial charge in [-0.3, -0.25) is 14.9 Å². The van der Waals surface area contributed by atoms with Crippen LogP contribution in [-0.2, 0) is 6.42 Å². The maximum Gasteiger partial charge on any atom is 0.269 e. The van der Waals surface area contributed by atoms with Crippen molar-refractivity contribution >= 4 is 51.9 Å². The Morgan fingerprint density at radius 3 is 1.52 bits per heavy atom. The van der Waals surface area contributed by atoms with Gasteiger partial charge in [-0.15, -0.1) is 24.0 Å². The van der Waals surface area contributed by atoms with Crippen LogP contribution in [-0.4, -0.2) is 65.9 Å². The van der Waals surface area contributed by atoms with Gasteiger partial charge >= 0.3 is 0 Å². The van der Waals surface area contributed by atoms with Crippen LogP contribution in [0.5, 0.6) is 28.7 Å². The summed E-state index contributed by atoms with van der Waals surface area (Å²) in [5.41, 5.74) is 18.4. The average molecular weight is 1390 g/mol. The number of aldehydes is 1. The molecule has 8 aromatic rings. The Morgan fingerprint density at radius 1 is 0.573 bits per heavy atom. The zero-order valence-electron chi connectivity index (χ0n) is 52.9. The standard InChI is InChI=1S/C21H27NO.C11H16N2.C9H9NO.C9H10O2.C8H9BrO.C8H10O.C7H7NO2.CH4.HI/c1-16-10-13-20(23-2)19(15-16)12-11-18-9-6-14-22-21(18)17-7-4-3-5-8-17;12-10-7-4-8-13-11(10)9-5-2-1-3-6-9;2*1-7-3-4-9(11-2)8(5-7)6-10;1-6-3-4-8(10-2)7(9)5-6;1-7-3-5-8(9-2)6-4-7;1-6-2-4-7(5-3-6)8(9)10;;/h3-5,7-8,10,13,15,18,21-22H,6,9,11-12,14H2,1-2H3;1-3,5-6,10-11,13H,4,7-8,12H2;3-5H,1-2H3;3-6H,1-2H3;3-5H,1-2H3;3-6H,1-2H3;2-5H,1H3;1H4;1H/t18-,21+;10-,11-;;;;;;;/m10......./s1. The van der Waals surface area contributed by atoms with Gasteiger partial charge in [0, 0.05) is 30.3 Å². The molecule has 13 nitrogen and oxygen atoms in total. The van der Waals surface area contributed by atoms with E-state index in [1.54, 1.807) is 71.9 Å². The molecule has 0 radical (unpaired) electrons. The number of hydrogen-bond acceptors (Lipinski definition) is 12. The first-order chi connectivity index (χ1) is 42.0. The highest BCUT2D eigenvalue weighted by atomic mass is 127. The first-order valence-corrected chi connectivity index (χ1v) is 30.0. The lowest BCUT2D eigenvalue weighted by Crippen LogP contribution is -2.42. The summed E-state index contributed by atoms with van der Waals surface area (Å²) in [5, 5.41) is 26.0. The minimum Gasteiger partial charge on any atom is -0.497 e. The van der Waals surface area contributed by atoms with Gasteiger partial charge in [0.25, 0.3) is 5.69 Å². The van der Waals surface area contributed by atoms with Crippen molar-refractivity contribution < 1.29 is 33.4 Å².